The van der Waals surface area contributed by atoms with Gasteiger partial charge in [-0.25, -0.2) is 0 Å². The first kappa shape index (κ1) is 55.2. The number of rotatable bonds is 47. The van der Waals surface area contributed by atoms with E-state index in [2.05, 4.69) is 30.9 Å². The molecule has 0 spiro atoms. The molecule has 0 amide bonds. The minimum absolute atomic E-state index is 0.0125. The van der Waals surface area contributed by atoms with Gasteiger partial charge < -0.3 is 14.7 Å². The van der Waals surface area contributed by atoms with Crippen LogP contribution in [0.5, 0.6) is 0 Å². The van der Waals surface area contributed by atoms with Crippen LogP contribution in [0.1, 0.15) is 284 Å². The summed E-state index contributed by atoms with van der Waals surface area (Å²) >= 11 is 0. The Kier molecular flexibility index (Phi) is 41.3. The fraction of sp³-hybridized carbons (Fsp3) is 0.906. The van der Waals surface area contributed by atoms with Crippen LogP contribution in [0.25, 0.3) is 0 Å². The maximum Gasteiger partial charge on any atom is 0.305 e. The van der Waals surface area contributed by atoms with Gasteiger partial charge in [-0.15, -0.1) is 0 Å². The number of carboxylic acids is 1. The average Bonchev–Trinajstić information content (AvgIpc) is 3.58. The van der Waals surface area contributed by atoms with Crippen LogP contribution in [0.15, 0.2) is 17.1 Å². The predicted octanol–water partition coefficient (Wildman–Crippen LogP) is 16.7. The summed E-state index contributed by atoms with van der Waals surface area (Å²) in [5.74, 6) is 0.740. The Hall–Kier alpha value is -1.85. The van der Waals surface area contributed by atoms with Crippen molar-refractivity contribution in [3.63, 3.8) is 0 Å². The highest BCUT2D eigenvalue weighted by molar-refractivity contribution is 5.84. The zero-order valence-corrected chi connectivity index (χ0v) is 39.6. The average molecular weight is 829 g/mol. The third-order valence-electron chi connectivity index (χ3n) is 12.6. The number of carbonyl (C=O) groups excluding carboxylic acids is 1. The number of esters is 1. The van der Waals surface area contributed by atoms with Crippen molar-refractivity contribution in [1.29, 1.82) is 0 Å². The van der Waals surface area contributed by atoms with E-state index in [1.165, 1.54) is 237 Å². The number of allylic oxidation sites excluding steroid dienone is 2. The van der Waals surface area contributed by atoms with E-state index in [0.717, 1.165) is 38.6 Å². The molecule has 1 aliphatic heterocycles. The smallest absolute Gasteiger partial charge is 0.305 e. The quantitative estimate of drug-likeness (QED) is 0.0375. The molecule has 6 nitrogen and oxygen atoms in total. The maximum atomic E-state index is 12.1. The highest BCUT2D eigenvalue weighted by atomic mass is 16.5. The standard InChI is InChI=1S/C53H100N2O4/c1-3-4-5-6-7-8-9-10-11-12-18-23-28-33-38-43-48-59-53(58)46-41-36-31-26-21-14-13-17-22-27-32-37-42-47-55-50(2)49-54-51(55)44-39-34-29-24-19-15-16-20-25-30-35-40-45-52(56)57/h10-11,50H,3-9,12-49H2,1-2H3,(H,56,57). The van der Waals surface area contributed by atoms with Gasteiger partial charge in [0.15, 0.2) is 0 Å². The number of amidine groups is 1. The van der Waals surface area contributed by atoms with E-state index in [0.29, 0.717) is 25.5 Å². The molecule has 0 saturated carbocycles. The lowest BCUT2D eigenvalue weighted by Crippen LogP contribution is -2.35. The minimum Gasteiger partial charge on any atom is -0.481 e. The normalized spacial score (nSPS) is 14.2. The van der Waals surface area contributed by atoms with Gasteiger partial charge in [0.2, 0.25) is 0 Å². The molecule has 0 aromatic carbocycles. The lowest BCUT2D eigenvalue weighted by molar-refractivity contribution is -0.144. The lowest BCUT2D eigenvalue weighted by Gasteiger charge is -2.25. The third-order valence-corrected chi connectivity index (χ3v) is 12.6. The molecule has 346 valence electrons. The van der Waals surface area contributed by atoms with E-state index in [1.54, 1.807) is 0 Å². The maximum absolute atomic E-state index is 12.1. The van der Waals surface area contributed by atoms with Crippen molar-refractivity contribution < 1.29 is 19.4 Å². The number of carboxylic acid groups (broad SMARTS) is 1. The Morgan fingerprint density at radius 2 is 0.932 bits per heavy atom. The van der Waals surface area contributed by atoms with Crippen LogP contribution in [-0.2, 0) is 14.3 Å². The van der Waals surface area contributed by atoms with Crippen molar-refractivity contribution in [2.45, 2.75) is 290 Å². The summed E-state index contributed by atoms with van der Waals surface area (Å²) < 4.78 is 5.49. The monoisotopic (exact) mass is 829 g/mol. The largest absolute Gasteiger partial charge is 0.481 e. The van der Waals surface area contributed by atoms with Crippen molar-refractivity contribution in [3.8, 4) is 0 Å². The van der Waals surface area contributed by atoms with E-state index < -0.39 is 5.97 Å². The summed E-state index contributed by atoms with van der Waals surface area (Å²) in [6.45, 7) is 7.43. The van der Waals surface area contributed by atoms with Gasteiger partial charge in [0.1, 0.15) is 0 Å². The first-order valence-electron chi connectivity index (χ1n) is 26.4. The Morgan fingerprint density at radius 1 is 0.542 bits per heavy atom. The molecular weight excluding hydrogens is 729 g/mol. The van der Waals surface area contributed by atoms with Crippen molar-refractivity contribution >= 4 is 17.8 Å². The second-order valence-electron chi connectivity index (χ2n) is 18.4. The number of aliphatic carboxylic acids is 1. The predicted molar refractivity (Wildman–Crippen MR) is 256 cm³/mol. The Bertz CT molecular complexity index is 981. The number of hydrogen-bond donors (Lipinski definition) is 1. The number of nitrogens with zero attached hydrogens (tertiary/aromatic N) is 2. The number of aliphatic imine (C=N–C) groups is 1. The van der Waals surface area contributed by atoms with Gasteiger partial charge in [-0.3, -0.25) is 14.6 Å². The van der Waals surface area contributed by atoms with Crippen LogP contribution in [0, 0.1) is 0 Å². The van der Waals surface area contributed by atoms with E-state index in [4.69, 9.17) is 14.8 Å². The number of ether oxygens (including phenoxy) is 1. The summed E-state index contributed by atoms with van der Waals surface area (Å²) in [5.41, 5.74) is 0. The van der Waals surface area contributed by atoms with Crippen LogP contribution >= 0.6 is 0 Å². The van der Waals surface area contributed by atoms with Gasteiger partial charge in [-0.1, -0.05) is 212 Å². The fourth-order valence-corrected chi connectivity index (χ4v) is 8.68. The first-order chi connectivity index (χ1) is 29.0. The topological polar surface area (TPSA) is 79.2 Å². The van der Waals surface area contributed by atoms with Crippen LogP contribution < -0.4 is 0 Å². The summed E-state index contributed by atoms with van der Waals surface area (Å²) in [5, 5.41) is 8.70. The zero-order chi connectivity index (χ0) is 42.5. The van der Waals surface area contributed by atoms with Crippen LogP contribution in [-0.4, -0.2) is 53.5 Å². The first-order valence-corrected chi connectivity index (χ1v) is 26.4. The Labute approximate surface area is 367 Å². The van der Waals surface area contributed by atoms with Gasteiger partial charge in [0.25, 0.3) is 0 Å². The van der Waals surface area contributed by atoms with Crippen molar-refractivity contribution in [2.75, 3.05) is 19.7 Å². The van der Waals surface area contributed by atoms with Crippen LogP contribution in [0.3, 0.4) is 0 Å². The van der Waals surface area contributed by atoms with Crippen LogP contribution in [0.2, 0.25) is 0 Å². The van der Waals surface area contributed by atoms with Gasteiger partial charge in [0.05, 0.1) is 19.0 Å². The van der Waals surface area contributed by atoms with Crippen molar-refractivity contribution in [1.82, 2.24) is 4.90 Å². The van der Waals surface area contributed by atoms with Gasteiger partial charge in [-0.2, -0.15) is 0 Å². The minimum atomic E-state index is -0.659. The number of hydrogen-bond acceptors (Lipinski definition) is 5. The highest BCUT2D eigenvalue weighted by Crippen LogP contribution is 2.19. The molecule has 0 aliphatic carbocycles. The summed E-state index contributed by atoms with van der Waals surface area (Å²) in [7, 11) is 0. The third kappa shape index (κ3) is 38.8. The van der Waals surface area contributed by atoms with Gasteiger partial charge in [0, 0.05) is 31.8 Å². The van der Waals surface area contributed by atoms with E-state index in [1.807, 2.05) is 0 Å². The molecule has 0 bridgehead atoms. The summed E-state index contributed by atoms with van der Waals surface area (Å²) in [6.07, 6.45) is 57.2. The molecule has 0 aromatic rings. The Balaban J connectivity index is 1.79. The van der Waals surface area contributed by atoms with Gasteiger partial charge >= 0.3 is 11.9 Å². The molecule has 1 aliphatic rings. The second kappa shape index (κ2) is 44.2. The second-order valence-corrected chi connectivity index (χ2v) is 18.4. The molecule has 1 rings (SSSR count). The zero-order valence-electron chi connectivity index (χ0n) is 39.6. The van der Waals surface area contributed by atoms with E-state index in [9.17, 15) is 9.59 Å². The van der Waals surface area contributed by atoms with E-state index in [-0.39, 0.29) is 5.97 Å². The number of unbranched alkanes of at least 4 members (excludes halogenated alkanes) is 35. The SMILES string of the molecule is CCCCCCCCC=CCCCCCCCCOC(=O)CCCCCCCCCCCCCCCN1C(CCCCCCCCCCCCCCC(=O)O)=NCC1C. The molecule has 0 saturated heterocycles. The molecule has 1 N–H and O–H groups in total. The molecule has 1 heterocycles. The highest BCUT2D eigenvalue weighted by Gasteiger charge is 2.22. The van der Waals surface area contributed by atoms with Crippen molar-refractivity contribution in [2.24, 2.45) is 4.99 Å². The Morgan fingerprint density at radius 3 is 1.41 bits per heavy atom. The number of carbonyl (C=O) groups is 2. The van der Waals surface area contributed by atoms with Crippen molar-refractivity contribution in [3.05, 3.63) is 12.2 Å². The molecule has 1 unspecified atom stereocenters. The summed E-state index contributed by atoms with van der Waals surface area (Å²) in [4.78, 5) is 30.2. The molecule has 0 fully saturated rings. The molecular formula is C53H100N2O4. The molecule has 1 atom stereocenters. The molecule has 0 radical (unpaired) electrons. The lowest BCUT2D eigenvalue weighted by atomic mass is 10.0. The molecule has 59 heavy (non-hydrogen) atoms. The molecule has 0 aromatic heterocycles. The van der Waals surface area contributed by atoms with Gasteiger partial charge in [-0.05, 0) is 64.7 Å². The van der Waals surface area contributed by atoms with E-state index >= 15 is 0 Å². The fourth-order valence-electron chi connectivity index (χ4n) is 8.68. The summed E-state index contributed by atoms with van der Waals surface area (Å²) in [6, 6.07) is 0.584. The van der Waals surface area contributed by atoms with Crippen LogP contribution in [0.4, 0.5) is 0 Å². The molecule has 6 heteroatoms.